The third-order valence-corrected chi connectivity index (χ3v) is 1.62. The molecule has 0 aromatic carbocycles. The predicted molar refractivity (Wildman–Crippen MR) is 43.3 cm³/mol. The van der Waals surface area contributed by atoms with E-state index in [0.29, 0.717) is 10.0 Å². The van der Waals surface area contributed by atoms with Gasteiger partial charge in [0.15, 0.2) is 0 Å². The Morgan fingerprint density at radius 1 is 1.50 bits per heavy atom. The molecule has 0 amide bonds. The molecule has 10 heavy (non-hydrogen) atoms. The molecule has 0 saturated carbocycles. The summed E-state index contributed by atoms with van der Waals surface area (Å²) in [5, 5.41) is 1.16. The SMILES string of the molecule is C[CH]c1ncc(Cl)cc1Cl. The number of hydrogen-bond donors (Lipinski definition) is 0. The van der Waals surface area contributed by atoms with Crippen LogP contribution in [0.5, 0.6) is 0 Å². The van der Waals surface area contributed by atoms with Gasteiger partial charge in [-0.25, -0.2) is 0 Å². The molecule has 1 heterocycles. The largest absolute Gasteiger partial charge is 0.258 e. The van der Waals surface area contributed by atoms with E-state index in [1.807, 2.05) is 13.3 Å². The van der Waals surface area contributed by atoms with Crippen molar-refractivity contribution in [3.8, 4) is 0 Å². The van der Waals surface area contributed by atoms with Crippen LogP contribution in [0.4, 0.5) is 0 Å². The van der Waals surface area contributed by atoms with Crippen LogP contribution in [-0.4, -0.2) is 4.98 Å². The molecule has 0 aliphatic rings. The molecular weight excluding hydrogens is 169 g/mol. The molecule has 0 spiro atoms. The topological polar surface area (TPSA) is 12.9 Å². The van der Waals surface area contributed by atoms with Gasteiger partial charge in [0, 0.05) is 12.6 Å². The van der Waals surface area contributed by atoms with Gasteiger partial charge >= 0.3 is 0 Å². The van der Waals surface area contributed by atoms with Crippen molar-refractivity contribution in [3.63, 3.8) is 0 Å². The number of hydrogen-bond acceptors (Lipinski definition) is 1. The summed E-state index contributed by atoms with van der Waals surface area (Å²) in [5.41, 5.74) is 0.770. The molecule has 3 heteroatoms. The summed E-state index contributed by atoms with van der Waals surface area (Å²) in [4.78, 5) is 3.98. The van der Waals surface area contributed by atoms with E-state index in [1.165, 1.54) is 0 Å². The number of nitrogens with zero attached hydrogens (tertiary/aromatic N) is 1. The first-order valence-electron chi connectivity index (χ1n) is 2.84. The molecule has 0 atom stereocenters. The maximum atomic E-state index is 5.75. The number of pyridine rings is 1. The van der Waals surface area contributed by atoms with Crippen molar-refractivity contribution in [1.29, 1.82) is 0 Å². The Morgan fingerprint density at radius 2 is 2.20 bits per heavy atom. The van der Waals surface area contributed by atoms with Gasteiger partial charge in [0.25, 0.3) is 0 Å². The highest BCUT2D eigenvalue weighted by Gasteiger charge is 1.98. The maximum Gasteiger partial charge on any atom is 0.0639 e. The minimum atomic E-state index is 0.565. The molecule has 1 nitrogen and oxygen atoms in total. The standard InChI is InChI=1S/C7H6Cl2N/c1-2-7-6(9)3-5(8)4-10-7/h2-4H,1H3. The summed E-state index contributed by atoms with van der Waals surface area (Å²) in [7, 11) is 0. The lowest BCUT2D eigenvalue weighted by molar-refractivity contribution is 1.20. The second-order valence-corrected chi connectivity index (χ2v) is 2.65. The van der Waals surface area contributed by atoms with E-state index in [2.05, 4.69) is 4.98 Å². The van der Waals surface area contributed by atoms with Crippen LogP contribution in [0.3, 0.4) is 0 Å². The van der Waals surface area contributed by atoms with Crippen molar-refractivity contribution in [3.05, 3.63) is 34.4 Å². The van der Waals surface area contributed by atoms with Gasteiger partial charge in [-0.05, 0) is 6.07 Å². The van der Waals surface area contributed by atoms with Crippen LogP contribution in [0.25, 0.3) is 0 Å². The van der Waals surface area contributed by atoms with Gasteiger partial charge in [0.2, 0.25) is 0 Å². The molecule has 1 radical (unpaired) electrons. The van der Waals surface area contributed by atoms with Crippen molar-refractivity contribution in [2.45, 2.75) is 6.92 Å². The third kappa shape index (κ3) is 1.61. The summed E-state index contributed by atoms with van der Waals surface area (Å²) in [5.74, 6) is 0. The third-order valence-electron chi connectivity index (χ3n) is 1.11. The van der Waals surface area contributed by atoms with Crippen molar-refractivity contribution >= 4 is 23.2 Å². The fourth-order valence-electron chi connectivity index (χ4n) is 0.638. The van der Waals surface area contributed by atoms with Crippen molar-refractivity contribution in [1.82, 2.24) is 4.98 Å². The Labute approximate surface area is 70.0 Å². The van der Waals surface area contributed by atoms with Gasteiger partial charge < -0.3 is 0 Å². The molecule has 1 aromatic rings. The van der Waals surface area contributed by atoms with Crippen LogP contribution in [0.15, 0.2) is 12.3 Å². The second-order valence-electron chi connectivity index (χ2n) is 1.81. The molecule has 0 bridgehead atoms. The Balaban J connectivity index is 3.07. The monoisotopic (exact) mass is 174 g/mol. The van der Waals surface area contributed by atoms with E-state index in [-0.39, 0.29) is 0 Å². The van der Waals surface area contributed by atoms with Crippen LogP contribution in [-0.2, 0) is 0 Å². The highest BCUT2D eigenvalue weighted by molar-refractivity contribution is 6.34. The highest BCUT2D eigenvalue weighted by Crippen LogP contribution is 2.18. The van der Waals surface area contributed by atoms with Crippen molar-refractivity contribution in [2.24, 2.45) is 0 Å². The smallest absolute Gasteiger partial charge is 0.0639 e. The lowest BCUT2D eigenvalue weighted by Gasteiger charge is -1.97. The predicted octanol–water partition coefficient (Wildman–Crippen LogP) is 2.96. The summed E-state index contributed by atoms with van der Waals surface area (Å²) in [6.07, 6.45) is 3.40. The molecule has 0 saturated heterocycles. The van der Waals surface area contributed by atoms with E-state index in [0.717, 1.165) is 5.69 Å². The molecule has 1 rings (SSSR count). The van der Waals surface area contributed by atoms with Crippen molar-refractivity contribution in [2.75, 3.05) is 0 Å². The first-order valence-corrected chi connectivity index (χ1v) is 3.60. The van der Waals surface area contributed by atoms with Gasteiger partial charge in [-0.3, -0.25) is 4.98 Å². The zero-order valence-electron chi connectivity index (χ0n) is 5.44. The Bertz CT molecular complexity index is 235. The highest BCUT2D eigenvalue weighted by atomic mass is 35.5. The normalized spacial score (nSPS) is 9.90. The molecule has 0 aliphatic heterocycles. The first kappa shape index (κ1) is 7.83. The quantitative estimate of drug-likeness (QED) is 0.639. The molecule has 0 N–H and O–H groups in total. The Kier molecular flexibility index (Phi) is 2.52. The number of aromatic nitrogens is 1. The molecule has 53 valence electrons. The Hall–Kier alpha value is -0.270. The average Bonchev–Trinajstić information content (AvgIpc) is 1.88. The maximum absolute atomic E-state index is 5.75. The van der Waals surface area contributed by atoms with Gasteiger partial charge in [0.1, 0.15) is 0 Å². The number of rotatable bonds is 1. The van der Waals surface area contributed by atoms with E-state index in [4.69, 9.17) is 23.2 Å². The minimum Gasteiger partial charge on any atom is -0.258 e. The summed E-state index contributed by atoms with van der Waals surface area (Å²) in [6, 6.07) is 1.67. The van der Waals surface area contributed by atoms with E-state index in [1.54, 1.807) is 12.3 Å². The van der Waals surface area contributed by atoms with Gasteiger partial charge in [-0.1, -0.05) is 30.1 Å². The van der Waals surface area contributed by atoms with Crippen LogP contribution in [0.2, 0.25) is 10.0 Å². The van der Waals surface area contributed by atoms with Gasteiger partial charge in [-0.2, -0.15) is 0 Å². The average molecular weight is 175 g/mol. The molecule has 0 aliphatic carbocycles. The summed E-state index contributed by atoms with van der Waals surface area (Å²) < 4.78 is 0. The van der Waals surface area contributed by atoms with Crippen LogP contribution < -0.4 is 0 Å². The lowest BCUT2D eigenvalue weighted by atomic mass is 10.3. The zero-order chi connectivity index (χ0) is 7.56. The molecule has 0 fully saturated rings. The summed E-state index contributed by atoms with van der Waals surface area (Å²) in [6.45, 7) is 1.88. The summed E-state index contributed by atoms with van der Waals surface area (Å²) >= 11 is 11.4. The van der Waals surface area contributed by atoms with Gasteiger partial charge in [-0.15, -0.1) is 0 Å². The van der Waals surface area contributed by atoms with E-state index in [9.17, 15) is 0 Å². The van der Waals surface area contributed by atoms with Gasteiger partial charge in [0.05, 0.1) is 15.7 Å². The molecule has 0 unspecified atom stereocenters. The molecule has 1 aromatic heterocycles. The van der Waals surface area contributed by atoms with Crippen LogP contribution >= 0.6 is 23.2 Å². The van der Waals surface area contributed by atoms with Crippen molar-refractivity contribution < 1.29 is 0 Å². The van der Waals surface area contributed by atoms with Crippen LogP contribution in [0.1, 0.15) is 12.6 Å². The van der Waals surface area contributed by atoms with E-state index >= 15 is 0 Å². The Morgan fingerprint density at radius 3 is 2.70 bits per heavy atom. The molecular formula is C7H6Cl2N. The minimum absolute atomic E-state index is 0.565. The fourth-order valence-corrected chi connectivity index (χ4v) is 1.13. The lowest BCUT2D eigenvalue weighted by Crippen LogP contribution is -1.84. The second kappa shape index (κ2) is 3.22. The van der Waals surface area contributed by atoms with Crippen LogP contribution in [0, 0.1) is 6.42 Å². The first-order chi connectivity index (χ1) is 4.74. The van der Waals surface area contributed by atoms with E-state index < -0.39 is 0 Å². The zero-order valence-corrected chi connectivity index (χ0v) is 6.95. The number of halogens is 2. The fraction of sp³-hybridized carbons (Fsp3) is 0.143.